The molecule has 0 saturated heterocycles. The Balaban J connectivity index is 1.55. The van der Waals surface area contributed by atoms with Gasteiger partial charge in [0, 0.05) is 13.6 Å². The highest BCUT2D eigenvalue weighted by molar-refractivity contribution is 7.21. The fourth-order valence-electron chi connectivity index (χ4n) is 2.85. The van der Waals surface area contributed by atoms with Gasteiger partial charge in [-0.3, -0.25) is 4.79 Å². The highest BCUT2D eigenvalue weighted by atomic mass is 32.1. The Morgan fingerprint density at radius 3 is 2.65 bits per heavy atom. The number of hydrogen-bond acceptors (Lipinski definition) is 4. The van der Waals surface area contributed by atoms with Gasteiger partial charge in [0.25, 0.3) is 5.91 Å². The highest BCUT2D eigenvalue weighted by Crippen LogP contribution is 2.31. The van der Waals surface area contributed by atoms with E-state index in [1.54, 1.807) is 29.4 Å². The second kappa shape index (κ2) is 6.77. The summed E-state index contributed by atoms with van der Waals surface area (Å²) in [5, 5.41) is 0.784. The van der Waals surface area contributed by atoms with Gasteiger partial charge in [-0.2, -0.15) is 0 Å². The Hall–Kier alpha value is -2.92. The molecule has 26 heavy (non-hydrogen) atoms. The molecule has 5 heteroatoms. The molecular formula is C21H18N2O2S. The van der Waals surface area contributed by atoms with E-state index in [9.17, 15) is 4.79 Å². The molecule has 1 amide bonds. The van der Waals surface area contributed by atoms with Crippen molar-refractivity contribution >= 4 is 27.5 Å². The lowest BCUT2D eigenvalue weighted by atomic mass is 10.1. The van der Waals surface area contributed by atoms with Gasteiger partial charge in [-0.15, -0.1) is 11.3 Å². The summed E-state index contributed by atoms with van der Waals surface area (Å²) >= 11 is 1.56. The molecular weight excluding hydrogens is 344 g/mol. The number of rotatable bonds is 4. The van der Waals surface area contributed by atoms with Crippen molar-refractivity contribution in [1.29, 1.82) is 0 Å². The number of nitrogens with zero attached hydrogens (tertiary/aromatic N) is 2. The normalized spacial score (nSPS) is 11.0. The Bertz CT molecular complexity index is 1050. The molecule has 0 N–H and O–H groups in total. The minimum Gasteiger partial charge on any atom is -0.448 e. The first-order valence-corrected chi connectivity index (χ1v) is 9.19. The molecule has 2 aromatic heterocycles. The number of hydrogen-bond donors (Lipinski definition) is 0. The number of furan rings is 1. The second-order valence-corrected chi connectivity index (χ2v) is 7.27. The van der Waals surface area contributed by atoms with Crippen molar-refractivity contribution in [2.75, 3.05) is 7.05 Å². The number of aromatic nitrogens is 1. The molecule has 0 aliphatic heterocycles. The maximum Gasteiger partial charge on any atom is 0.289 e. The van der Waals surface area contributed by atoms with Gasteiger partial charge in [0.2, 0.25) is 0 Å². The van der Waals surface area contributed by atoms with E-state index in [-0.39, 0.29) is 5.91 Å². The third-order valence-corrected chi connectivity index (χ3v) is 5.39. The lowest BCUT2D eigenvalue weighted by molar-refractivity contribution is 0.0754. The fourth-order valence-corrected chi connectivity index (χ4v) is 3.78. The predicted octanol–water partition coefficient (Wildman–Crippen LogP) is 5.14. The molecule has 0 aliphatic carbocycles. The third-order valence-electron chi connectivity index (χ3n) is 4.34. The minimum absolute atomic E-state index is 0.138. The summed E-state index contributed by atoms with van der Waals surface area (Å²) in [6, 6.07) is 19.5. The maximum atomic E-state index is 12.7. The van der Waals surface area contributed by atoms with E-state index >= 15 is 0 Å². The van der Waals surface area contributed by atoms with Crippen LogP contribution < -0.4 is 0 Å². The number of carbonyl (C=O) groups excluding carboxylic acids is 1. The van der Waals surface area contributed by atoms with Gasteiger partial charge in [0.1, 0.15) is 0 Å². The van der Waals surface area contributed by atoms with E-state index in [4.69, 9.17) is 4.42 Å². The van der Waals surface area contributed by atoms with E-state index in [1.807, 2.05) is 61.5 Å². The molecule has 4 rings (SSSR count). The van der Waals surface area contributed by atoms with Crippen molar-refractivity contribution in [3.05, 3.63) is 77.6 Å². The molecule has 0 unspecified atom stereocenters. The topological polar surface area (TPSA) is 46.3 Å². The van der Waals surface area contributed by atoms with Crippen LogP contribution in [0.4, 0.5) is 0 Å². The van der Waals surface area contributed by atoms with Crippen molar-refractivity contribution in [2.45, 2.75) is 13.5 Å². The highest BCUT2D eigenvalue weighted by Gasteiger charge is 2.18. The van der Waals surface area contributed by atoms with Gasteiger partial charge in [-0.05, 0) is 42.3 Å². The number of fused-ring (bicyclic) bond motifs is 1. The predicted molar refractivity (Wildman–Crippen MR) is 104 cm³/mol. The van der Waals surface area contributed by atoms with E-state index in [1.165, 1.54) is 5.56 Å². The van der Waals surface area contributed by atoms with E-state index in [2.05, 4.69) is 4.98 Å². The van der Waals surface area contributed by atoms with Crippen LogP contribution in [0.5, 0.6) is 0 Å². The molecule has 4 aromatic rings. The zero-order valence-electron chi connectivity index (χ0n) is 14.6. The van der Waals surface area contributed by atoms with Gasteiger partial charge in [0.05, 0.1) is 10.2 Å². The van der Waals surface area contributed by atoms with Crippen LogP contribution in [-0.4, -0.2) is 22.8 Å². The quantitative estimate of drug-likeness (QED) is 0.505. The monoisotopic (exact) mass is 362 g/mol. The third kappa shape index (κ3) is 3.13. The lowest BCUT2D eigenvalue weighted by Crippen LogP contribution is -2.26. The lowest BCUT2D eigenvalue weighted by Gasteiger charge is -2.17. The van der Waals surface area contributed by atoms with Gasteiger partial charge in [-0.1, -0.05) is 36.4 Å². The van der Waals surface area contributed by atoms with Crippen molar-refractivity contribution in [1.82, 2.24) is 9.88 Å². The van der Waals surface area contributed by atoms with E-state index in [0.29, 0.717) is 18.1 Å². The average molecular weight is 362 g/mol. The second-order valence-electron chi connectivity index (χ2n) is 6.24. The van der Waals surface area contributed by atoms with Crippen LogP contribution in [0.1, 0.15) is 21.7 Å². The summed E-state index contributed by atoms with van der Waals surface area (Å²) in [6.45, 7) is 2.59. The largest absolute Gasteiger partial charge is 0.448 e. The first-order valence-electron chi connectivity index (χ1n) is 8.37. The average Bonchev–Trinajstić information content (AvgIpc) is 3.29. The zero-order valence-corrected chi connectivity index (χ0v) is 15.4. The number of para-hydroxylation sites is 1. The minimum atomic E-state index is -0.138. The van der Waals surface area contributed by atoms with Crippen LogP contribution in [0.25, 0.3) is 21.0 Å². The van der Waals surface area contributed by atoms with Gasteiger partial charge >= 0.3 is 0 Å². The molecule has 4 nitrogen and oxygen atoms in total. The summed E-state index contributed by atoms with van der Waals surface area (Å²) in [4.78, 5) is 18.9. The SMILES string of the molecule is Cc1ccccc1CN(C)C(=O)c1ccc(-c2nc3ccccc3s2)o1. The molecule has 2 heterocycles. The standard InChI is InChI=1S/C21H18N2O2S/c1-14-7-3-4-8-15(14)13-23(2)21(24)18-12-11-17(25-18)20-22-16-9-5-6-10-19(16)26-20/h3-12H,13H2,1-2H3. The molecule has 130 valence electrons. The van der Waals surface area contributed by atoms with Crippen molar-refractivity contribution in [3.8, 4) is 10.8 Å². The van der Waals surface area contributed by atoms with Gasteiger partial charge in [0.15, 0.2) is 16.5 Å². The van der Waals surface area contributed by atoms with Crippen molar-refractivity contribution < 1.29 is 9.21 Å². The van der Waals surface area contributed by atoms with Crippen LogP contribution in [0, 0.1) is 6.92 Å². The van der Waals surface area contributed by atoms with Crippen molar-refractivity contribution in [2.24, 2.45) is 0 Å². The van der Waals surface area contributed by atoms with Crippen molar-refractivity contribution in [3.63, 3.8) is 0 Å². The molecule has 2 aromatic carbocycles. The molecule has 0 aliphatic rings. The van der Waals surface area contributed by atoms with Gasteiger partial charge in [-0.25, -0.2) is 4.98 Å². The first-order chi connectivity index (χ1) is 12.6. The molecule has 0 radical (unpaired) electrons. The first kappa shape index (κ1) is 16.5. The van der Waals surface area contributed by atoms with Crippen LogP contribution in [0.3, 0.4) is 0 Å². The van der Waals surface area contributed by atoms with Crippen LogP contribution >= 0.6 is 11.3 Å². The summed E-state index contributed by atoms with van der Waals surface area (Å²) in [7, 11) is 1.79. The summed E-state index contributed by atoms with van der Waals surface area (Å²) in [6.07, 6.45) is 0. The maximum absolute atomic E-state index is 12.7. The molecule has 0 spiro atoms. The molecule has 0 atom stereocenters. The smallest absolute Gasteiger partial charge is 0.289 e. The Morgan fingerprint density at radius 2 is 1.85 bits per heavy atom. The van der Waals surface area contributed by atoms with Crippen LogP contribution in [-0.2, 0) is 6.54 Å². The number of benzene rings is 2. The van der Waals surface area contributed by atoms with Crippen LogP contribution in [0.15, 0.2) is 65.1 Å². The summed E-state index contributed by atoms with van der Waals surface area (Å²) in [5.74, 6) is 0.815. The fraction of sp³-hybridized carbons (Fsp3) is 0.143. The Morgan fingerprint density at radius 1 is 1.08 bits per heavy atom. The number of carbonyl (C=O) groups is 1. The number of thiazole rings is 1. The van der Waals surface area contributed by atoms with Crippen LogP contribution in [0.2, 0.25) is 0 Å². The van der Waals surface area contributed by atoms with Gasteiger partial charge < -0.3 is 9.32 Å². The molecule has 0 bridgehead atoms. The summed E-state index contributed by atoms with van der Waals surface area (Å²) in [5.41, 5.74) is 3.23. The summed E-state index contributed by atoms with van der Waals surface area (Å²) < 4.78 is 6.91. The number of amides is 1. The Labute approximate surface area is 155 Å². The Kier molecular flexibility index (Phi) is 4.31. The van der Waals surface area contributed by atoms with E-state index in [0.717, 1.165) is 20.8 Å². The van der Waals surface area contributed by atoms with E-state index < -0.39 is 0 Å². The molecule has 0 saturated carbocycles. The molecule has 0 fully saturated rings. The zero-order chi connectivity index (χ0) is 18.1. The number of aryl methyl sites for hydroxylation is 1.